The molecule has 0 aliphatic heterocycles. The molecule has 5 rings (SSSR count). The average molecular weight is 939 g/mol. The Morgan fingerprint density at radius 2 is 0.933 bits per heavy atom. The molecule has 0 bridgehead atoms. The molecule has 3 amide bonds. The summed E-state index contributed by atoms with van der Waals surface area (Å²) in [6.07, 6.45) is -20.9. The van der Waals surface area contributed by atoms with E-state index in [0.717, 1.165) is 0 Å². The predicted octanol–water partition coefficient (Wildman–Crippen LogP) is 7.48. The van der Waals surface area contributed by atoms with Gasteiger partial charge >= 0.3 is 30.7 Å². The number of anilines is 1. The Labute approximate surface area is 346 Å². The molecule has 0 heterocycles. The fraction of sp³-hybridized carbons (Fsp3) is 0.220. The van der Waals surface area contributed by atoms with Gasteiger partial charge in [-0.3, -0.25) is 4.79 Å². The van der Waals surface area contributed by atoms with E-state index in [2.05, 4.69) is 10.6 Å². The summed E-state index contributed by atoms with van der Waals surface area (Å²) in [6, 6.07) is 25.0. The van der Waals surface area contributed by atoms with Crippen molar-refractivity contribution in [2.45, 2.75) is 43.3 Å². The van der Waals surface area contributed by atoms with E-state index in [-0.39, 0.29) is 65.6 Å². The number of hydrogen-bond donors (Lipinski definition) is 3. The van der Waals surface area contributed by atoms with Gasteiger partial charge in [0.05, 0.1) is 65.0 Å². The molecule has 0 aromatic heterocycles. The second-order valence-electron chi connectivity index (χ2n) is 13.5. The van der Waals surface area contributed by atoms with Crippen molar-refractivity contribution in [3.63, 3.8) is 0 Å². The summed E-state index contributed by atoms with van der Waals surface area (Å²) in [4.78, 5) is 26.2. The van der Waals surface area contributed by atoms with Gasteiger partial charge in [0.2, 0.25) is 5.91 Å². The zero-order valence-corrected chi connectivity index (χ0v) is 33.2. The molecule has 0 aliphatic rings. The highest BCUT2D eigenvalue weighted by Crippen LogP contribution is 2.60. The Morgan fingerprint density at radius 3 is 1.35 bits per heavy atom. The number of alkyl halides is 12. The number of hydrogen-bond acceptors (Lipinski definition) is 2. The van der Waals surface area contributed by atoms with Gasteiger partial charge in [0, 0.05) is 5.69 Å². The van der Waals surface area contributed by atoms with E-state index in [1.807, 2.05) is 5.32 Å². The van der Waals surface area contributed by atoms with Crippen molar-refractivity contribution in [2.75, 3.05) is 18.0 Å². The first-order valence-electron chi connectivity index (χ1n) is 17.5. The molecule has 0 saturated heterocycles. The van der Waals surface area contributed by atoms with Crippen LogP contribution in [0.15, 0.2) is 127 Å². The van der Waals surface area contributed by atoms with Crippen LogP contribution in [0.25, 0.3) is 0 Å². The summed E-state index contributed by atoms with van der Waals surface area (Å²) in [5, 5.41) is 7.92. The molecule has 0 fully saturated rings. The number of halogens is 13. The van der Waals surface area contributed by atoms with E-state index >= 15 is 0 Å². The van der Waals surface area contributed by atoms with Gasteiger partial charge in [-0.1, -0.05) is 66.7 Å². The van der Waals surface area contributed by atoms with E-state index in [0.29, 0.717) is 28.3 Å². The van der Waals surface area contributed by atoms with Gasteiger partial charge in [0.25, 0.3) is 0 Å². The first kappa shape index (κ1) is 47.6. The first-order chi connectivity index (χ1) is 27.5. The largest absolute Gasteiger partial charge is 1.00 e. The standard InChI is InChI=1S/C41H32F12N3O2P.BrH/c42-38(43,44)28-16-27(17-29(19-28)39(45,46)47)24-59(34-12-6-2-7-13-34,35-14-8-3-9-15-35)25-33(18-26-10-4-1-5-11-26)55-36(57)23-54-37(58)56-32-21-30(40(48,49)50)20-31(22-32)41(51,52)53;/h1-17,19-22,33H,18,23-25H2,(H2-,54,55,56,57,58);1H/t33-;/m0./s1. The Balaban J connectivity index is 0.00000794. The average Bonchev–Trinajstić information content (AvgIpc) is 3.16. The second kappa shape index (κ2) is 19.1. The second-order valence-corrected chi connectivity index (χ2v) is 17.1. The molecule has 0 aliphatic carbocycles. The minimum Gasteiger partial charge on any atom is -1.00 e. The van der Waals surface area contributed by atoms with Crippen LogP contribution in [-0.4, -0.2) is 30.7 Å². The summed E-state index contributed by atoms with van der Waals surface area (Å²) in [6.45, 7) is -0.840. The fourth-order valence-corrected chi connectivity index (χ4v) is 11.0. The molecule has 320 valence electrons. The van der Waals surface area contributed by atoms with Gasteiger partial charge in [0.15, 0.2) is 0 Å². The minimum absolute atomic E-state index is 0. The van der Waals surface area contributed by atoms with Crippen molar-refractivity contribution in [3.05, 3.63) is 161 Å². The van der Waals surface area contributed by atoms with E-state index in [1.165, 1.54) is 0 Å². The Bertz CT molecular complexity index is 2110. The molecule has 1 atom stereocenters. The number of carbonyl (C=O) groups excluding carboxylic acids is 2. The number of carbonyl (C=O) groups is 2. The van der Waals surface area contributed by atoms with Crippen molar-refractivity contribution >= 4 is 35.5 Å². The van der Waals surface area contributed by atoms with Gasteiger partial charge < -0.3 is 32.9 Å². The third kappa shape index (κ3) is 12.7. The maximum atomic E-state index is 14.1. The molecular weight excluding hydrogens is 905 g/mol. The maximum Gasteiger partial charge on any atom is 0.416 e. The van der Waals surface area contributed by atoms with Gasteiger partial charge in [0.1, 0.15) is 0 Å². The summed E-state index contributed by atoms with van der Waals surface area (Å²) in [7, 11) is -3.17. The van der Waals surface area contributed by atoms with Crippen LogP contribution in [-0.2, 0) is 42.1 Å². The van der Waals surface area contributed by atoms with Crippen LogP contribution in [0.5, 0.6) is 0 Å². The van der Waals surface area contributed by atoms with Crippen molar-refractivity contribution in [1.82, 2.24) is 10.6 Å². The lowest BCUT2D eigenvalue weighted by molar-refractivity contribution is -0.144. The lowest BCUT2D eigenvalue weighted by Crippen LogP contribution is -3.00. The molecule has 0 spiro atoms. The topological polar surface area (TPSA) is 70.2 Å². The van der Waals surface area contributed by atoms with Crippen LogP contribution in [0.4, 0.5) is 63.2 Å². The van der Waals surface area contributed by atoms with Crippen LogP contribution in [0.2, 0.25) is 0 Å². The molecule has 3 N–H and O–H groups in total. The van der Waals surface area contributed by atoms with Crippen molar-refractivity contribution in [3.8, 4) is 0 Å². The van der Waals surface area contributed by atoms with Gasteiger partial charge in [-0.25, -0.2) is 4.79 Å². The molecular formula is C41H33BrF12N3O2P. The Hall–Kier alpha value is -5.09. The lowest BCUT2D eigenvalue weighted by Gasteiger charge is -2.32. The summed E-state index contributed by atoms with van der Waals surface area (Å²) >= 11 is 0. The molecule has 5 aromatic rings. The monoisotopic (exact) mass is 937 g/mol. The number of amides is 3. The minimum atomic E-state index is -5.19. The fourth-order valence-electron chi connectivity index (χ4n) is 6.53. The highest BCUT2D eigenvalue weighted by atomic mass is 79.9. The third-order valence-electron chi connectivity index (χ3n) is 9.08. The molecule has 0 radical (unpaired) electrons. The van der Waals surface area contributed by atoms with Crippen LogP contribution in [0.1, 0.15) is 33.4 Å². The zero-order chi connectivity index (χ0) is 43.2. The zero-order valence-electron chi connectivity index (χ0n) is 30.7. The van der Waals surface area contributed by atoms with Crippen LogP contribution < -0.4 is 43.5 Å². The predicted molar refractivity (Wildman–Crippen MR) is 200 cm³/mol. The van der Waals surface area contributed by atoms with Crippen molar-refractivity contribution in [2.24, 2.45) is 0 Å². The summed E-state index contributed by atoms with van der Waals surface area (Å²) in [5.74, 6) is -0.876. The van der Waals surface area contributed by atoms with E-state index in [1.54, 1.807) is 91.0 Å². The molecule has 0 saturated carbocycles. The number of urea groups is 1. The quantitative estimate of drug-likeness (QED) is 0.0898. The van der Waals surface area contributed by atoms with Crippen molar-refractivity contribution < 1.29 is 79.3 Å². The molecule has 5 aromatic carbocycles. The molecule has 19 heteroatoms. The normalized spacial score (nSPS) is 12.9. The number of benzene rings is 5. The van der Waals surface area contributed by atoms with Crippen LogP contribution >= 0.6 is 7.26 Å². The van der Waals surface area contributed by atoms with Crippen LogP contribution in [0, 0.1) is 0 Å². The number of rotatable bonds is 12. The first-order valence-corrected chi connectivity index (χ1v) is 19.6. The Morgan fingerprint density at radius 1 is 0.533 bits per heavy atom. The van der Waals surface area contributed by atoms with E-state index < -0.39 is 84.4 Å². The smallest absolute Gasteiger partial charge is 0.416 e. The maximum absolute atomic E-state index is 14.1. The molecule has 60 heavy (non-hydrogen) atoms. The summed E-state index contributed by atoms with van der Waals surface area (Å²) < 4.78 is 164. The number of nitrogens with one attached hydrogen (secondary N) is 3. The SMILES string of the molecule is O=C(CNC(=O)Nc1cc(C(F)(F)F)cc(C(F)(F)F)c1)N[C@@H](Cc1ccccc1)C[P+](Cc1cc(C(F)(F)F)cc(C(F)(F)F)c1)(c1ccccc1)c1ccccc1.[Br-]. The van der Waals surface area contributed by atoms with Gasteiger partial charge in [-0.15, -0.1) is 0 Å². The van der Waals surface area contributed by atoms with Crippen molar-refractivity contribution in [1.29, 1.82) is 0 Å². The third-order valence-corrected chi connectivity index (χ3v) is 13.6. The highest BCUT2D eigenvalue weighted by Gasteiger charge is 2.47. The van der Waals surface area contributed by atoms with E-state index in [9.17, 15) is 62.3 Å². The molecule has 5 nitrogen and oxygen atoms in total. The summed E-state index contributed by atoms with van der Waals surface area (Å²) in [5.41, 5.74) is -6.83. The van der Waals surface area contributed by atoms with Gasteiger partial charge in [-0.2, -0.15) is 52.7 Å². The Kier molecular flexibility index (Phi) is 15.1. The van der Waals surface area contributed by atoms with Gasteiger partial charge in [-0.05, 0) is 78.2 Å². The van der Waals surface area contributed by atoms with Crippen LogP contribution in [0.3, 0.4) is 0 Å². The molecule has 0 unspecified atom stereocenters. The van der Waals surface area contributed by atoms with E-state index in [4.69, 9.17) is 0 Å². The highest BCUT2D eigenvalue weighted by molar-refractivity contribution is 7.88. The lowest BCUT2D eigenvalue weighted by atomic mass is 10.1.